The van der Waals surface area contributed by atoms with E-state index in [4.69, 9.17) is 5.14 Å². The van der Waals surface area contributed by atoms with Crippen molar-refractivity contribution in [2.75, 3.05) is 24.2 Å². The normalized spacial score (nSPS) is 19.3. The molecule has 2 aromatic rings. The Morgan fingerprint density at radius 3 is 2.93 bits per heavy atom. The molecule has 2 aliphatic rings. The fourth-order valence-corrected chi connectivity index (χ4v) is 4.31. The van der Waals surface area contributed by atoms with Gasteiger partial charge in [-0.25, -0.2) is 4.68 Å². The number of carbonyl (C=O) groups is 1. The summed E-state index contributed by atoms with van der Waals surface area (Å²) < 4.78 is 1.93. The summed E-state index contributed by atoms with van der Waals surface area (Å²) in [5.74, 6) is 2.97. The molecule has 8 nitrogen and oxygen atoms in total. The number of aromatic nitrogens is 3. The van der Waals surface area contributed by atoms with E-state index in [0.717, 1.165) is 60.6 Å². The number of nitrogens with two attached hydrogens (primary N) is 1. The molecule has 1 unspecified atom stereocenters. The SMILES string of the molecule is Cc1cnn2c1NC(C1CCN(C(=O)CSN)CC1)C=C2NCc1cccnc1. The van der Waals surface area contributed by atoms with Gasteiger partial charge in [0.2, 0.25) is 5.91 Å². The summed E-state index contributed by atoms with van der Waals surface area (Å²) >= 11 is 1.10. The van der Waals surface area contributed by atoms with Crippen molar-refractivity contribution < 1.29 is 4.79 Å². The molecule has 4 rings (SSSR count). The number of hydrogen-bond donors (Lipinski definition) is 3. The minimum atomic E-state index is 0.135. The zero-order chi connectivity index (χ0) is 20.2. The monoisotopic (exact) mass is 413 g/mol. The van der Waals surface area contributed by atoms with Crippen LogP contribution in [0.5, 0.6) is 0 Å². The maximum absolute atomic E-state index is 12.1. The minimum Gasteiger partial charge on any atom is -0.366 e. The summed E-state index contributed by atoms with van der Waals surface area (Å²) in [5, 5.41) is 17.2. The maximum atomic E-state index is 12.1. The highest BCUT2D eigenvalue weighted by atomic mass is 32.2. The first-order valence-corrected chi connectivity index (χ1v) is 11.0. The van der Waals surface area contributed by atoms with Crippen LogP contribution in [0.3, 0.4) is 0 Å². The largest absolute Gasteiger partial charge is 0.366 e. The molecule has 0 aliphatic carbocycles. The van der Waals surface area contributed by atoms with Gasteiger partial charge in [0.25, 0.3) is 0 Å². The lowest BCUT2D eigenvalue weighted by Crippen LogP contribution is -2.44. The molecule has 29 heavy (non-hydrogen) atoms. The number of piperidine rings is 1. The van der Waals surface area contributed by atoms with Crippen LogP contribution in [0.4, 0.5) is 5.82 Å². The van der Waals surface area contributed by atoms with Crippen LogP contribution in [0.15, 0.2) is 36.8 Å². The van der Waals surface area contributed by atoms with E-state index in [9.17, 15) is 4.79 Å². The lowest BCUT2D eigenvalue weighted by atomic mass is 9.88. The third-order valence-electron chi connectivity index (χ3n) is 5.62. The smallest absolute Gasteiger partial charge is 0.233 e. The van der Waals surface area contributed by atoms with Crippen LogP contribution in [0.1, 0.15) is 24.0 Å². The van der Waals surface area contributed by atoms with Gasteiger partial charge < -0.3 is 15.5 Å². The Kier molecular flexibility index (Phi) is 6.05. The molecule has 1 saturated heterocycles. The molecule has 2 aliphatic heterocycles. The summed E-state index contributed by atoms with van der Waals surface area (Å²) in [5.41, 5.74) is 2.25. The summed E-state index contributed by atoms with van der Waals surface area (Å²) in [6, 6.07) is 4.20. The summed E-state index contributed by atoms with van der Waals surface area (Å²) in [4.78, 5) is 18.2. The lowest BCUT2D eigenvalue weighted by molar-refractivity contribution is -0.129. The van der Waals surface area contributed by atoms with Gasteiger partial charge in [0.05, 0.1) is 18.0 Å². The second-order valence-corrected chi connectivity index (χ2v) is 8.18. The Morgan fingerprint density at radius 1 is 1.38 bits per heavy atom. The molecular formula is C20H27N7OS. The van der Waals surface area contributed by atoms with Gasteiger partial charge in [-0.15, -0.1) is 0 Å². The molecule has 2 aromatic heterocycles. The van der Waals surface area contributed by atoms with Crippen molar-refractivity contribution in [1.82, 2.24) is 25.0 Å². The number of rotatable bonds is 6. The minimum absolute atomic E-state index is 0.135. The maximum Gasteiger partial charge on any atom is 0.233 e. The van der Waals surface area contributed by atoms with Crippen LogP contribution in [0.25, 0.3) is 5.82 Å². The van der Waals surface area contributed by atoms with E-state index in [2.05, 4.69) is 39.8 Å². The van der Waals surface area contributed by atoms with E-state index < -0.39 is 0 Å². The Morgan fingerprint density at radius 2 is 2.21 bits per heavy atom. The highest BCUT2D eigenvalue weighted by Crippen LogP contribution is 2.31. The third-order valence-corrected chi connectivity index (χ3v) is 6.04. The molecule has 1 atom stereocenters. The zero-order valence-electron chi connectivity index (χ0n) is 16.5. The predicted molar refractivity (Wildman–Crippen MR) is 116 cm³/mol. The number of aryl methyl sites for hydroxylation is 1. The van der Waals surface area contributed by atoms with Crippen molar-refractivity contribution in [3.05, 3.63) is 47.9 Å². The van der Waals surface area contributed by atoms with Crippen molar-refractivity contribution in [3.8, 4) is 0 Å². The first-order chi connectivity index (χ1) is 14.2. The third kappa shape index (κ3) is 4.40. The van der Waals surface area contributed by atoms with Gasteiger partial charge >= 0.3 is 0 Å². The number of fused-ring (bicyclic) bond motifs is 1. The number of nitrogens with zero attached hydrogens (tertiary/aromatic N) is 4. The molecule has 0 saturated carbocycles. The molecule has 1 amide bonds. The number of carbonyl (C=O) groups excluding carboxylic acids is 1. The van der Waals surface area contributed by atoms with Crippen LogP contribution >= 0.6 is 11.9 Å². The first-order valence-electron chi connectivity index (χ1n) is 9.91. The van der Waals surface area contributed by atoms with Gasteiger partial charge in [-0.3, -0.25) is 14.9 Å². The predicted octanol–water partition coefficient (Wildman–Crippen LogP) is 1.81. The molecular weight excluding hydrogens is 386 g/mol. The summed E-state index contributed by atoms with van der Waals surface area (Å²) in [6.45, 7) is 4.33. The fraction of sp³-hybridized carbons (Fsp3) is 0.450. The van der Waals surface area contributed by atoms with Crippen LogP contribution < -0.4 is 15.8 Å². The summed E-state index contributed by atoms with van der Waals surface area (Å²) in [7, 11) is 0. The van der Waals surface area contributed by atoms with Crippen LogP contribution in [0, 0.1) is 12.8 Å². The topological polar surface area (TPSA) is 101 Å². The van der Waals surface area contributed by atoms with Crippen LogP contribution in [0.2, 0.25) is 0 Å². The molecule has 4 N–H and O–H groups in total. The Hall–Kier alpha value is -2.52. The highest BCUT2D eigenvalue weighted by molar-refractivity contribution is 7.97. The van der Waals surface area contributed by atoms with E-state index in [1.165, 1.54) is 0 Å². The number of hydrogen-bond acceptors (Lipinski definition) is 7. The second kappa shape index (κ2) is 8.87. The van der Waals surface area contributed by atoms with E-state index in [1.807, 2.05) is 28.0 Å². The molecule has 0 bridgehead atoms. The molecule has 1 fully saturated rings. The van der Waals surface area contributed by atoms with Crippen molar-refractivity contribution >= 4 is 29.5 Å². The lowest BCUT2D eigenvalue weighted by Gasteiger charge is -2.37. The molecule has 9 heteroatoms. The molecule has 4 heterocycles. The van der Waals surface area contributed by atoms with E-state index >= 15 is 0 Å². The van der Waals surface area contributed by atoms with Crippen LogP contribution in [-0.4, -0.2) is 50.5 Å². The Labute approximate surface area is 175 Å². The Bertz CT molecular complexity index is 874. The van der Waals surface area contributed by atoms with E-state index in [0.29, 0.717) is 18.2 Å². The average molecular weight is 414 g/mol. The van der Waals surface area contributed by atoms with Crippen molar-refractivity contribution in [3.63, 3.8) is 0 Å². The quantitative estimate of drug-likeness (QED) is 0.621. The fourth-order valence-electron chi connectivity index (χ4n) is 3.98. The zero-order valence-corrected chi connectivity index (χ0v) is 17.4. The van der Waals surface area contributed by atoms with Gasteiger partial charge in [-0.2, -0.15) is 5.10 Å². The van der Waals surface area contributed by atoms with E-state index in [-0.39, 0.29) is 11.9 Å². The molecule has 0 spiro atoms. The number of anilines is 1. The van der Waals surface area contributed by atoms with E-state index in [1.54, 1.807) is 6.20 Å². The van der Waals surface area contributed by atoms with Gasteiger partial charge in [0.1, 0.15) is 11.6 Å². The van der Waals surface area contributed by atoms with Gasteiger partial charge in [0, 0.05) is 37.6 Å². The van der Waals surface area contributed by atoms with Crippen molar-refractivity contribution in [2.45, 2.75) is 32.4 Å². The molecule has 154 valence electrons. The van der Waals surface area contributed by atoms with Crippen molar-refractivity contribution in [2.24, 2.45) is 11.1 Å². The van der Waals surface area contributed by atoms with Crippen LogP contribution in [-0.2, 0) is 11.3 Å². The van der Waals surface area contributed by atoms with Gasteiger partial charge in [0.15, 0.2) is 0 Å². The number of pyridine rings is 1. The molecule has 0 radical (unpaired) electrons. The van der Waals surface area contributed by atoms with Gasteiger partial charge in [-0.1, -0.05) is 18.0 Å². The first kappa shape index (κ1) is 19.8. The summed E-state index contributed by atoms with van der Waals surface area (Å²) in [6.07, 6.45) is 9.70. The highest BCUT2D eigenvalue weighted by Gasteiger charge is 2.31. The number of amides is 1. The average Bonchev–Trinajstić information content (AvgIpc) is 3.14. The Balaban J connectivity index is 1.46. The second-order valence-electron chi connectivity index (χ2n) is 7.55. The number of nitrogens with one attached hydrogen (secondary N) is 2. The standard InChI is InChI=1S/C20H27N7OS/c1-14-10-24-27-18(23-12-15-3-2-6-22-11-15)9-17(25-20(14)27)16-4-7-26(8-5-16)19(28)13-29-21/h2-3,6,9-11,16-17,23,25H,4-5,7-8,12-13,21H2,1H3. The molecule has 0 aromatic carbocycles. The van der Waals surface area contributed by atoms with Gasteiger partial charge in [-0.05, 0) is 43.4 Å². The number of likely N-dealkylation sites (tertiary alicyclic amines) is 1. The van der Waals surface area contributed by atoms with Crippen molar-refractivity contribution in [1.29, 1.82) is 0 Å².